The summed E-state index contributed by atoms with van der Waals surface area (Å²) in [6.45, 7) is 14.5. The third-order valence-electron chi connectivity index (χ3n) is 3.24. The van der Waals surface area contributed by atoms with Gasteiger partial charge in [-0.25, -0.2) is 4.79 Å². The van der Waals surface area contributed by atoms with Crippen molar-refractivity contribution in [3.8, 4) is 0 Å². The highest BCUT2D eigenvalue weighted by Crippen LogP contribution is 2.20. The summed E-state index contributed by atoms with van der Waals surface area (Å²) < 4.78 is 5.36. The lowest BCUT2D eigenvalue weighted by molar-refractivity contribution is 0.0277. The van der Waals surface area contributed by atoms with E-state index in [4.69, 9.17) is 4.74 Å². The Balaban J connectivity index is 2.32. The van der Waals surface area contributed by atoms with Crippen LogP contribution < -0.4 is 5.32 Å². The molecule has 0 bridgehead atoms. The molecule has 0 radical (unpaired) electrons. The van der Waals surface area contributed by atoms with Gasteiger partial charge in [0.1, 0.15) is 5.60 Å². The van der Waals surface area contributed by atoms with Crippen LogP contribution in [-0.2, 0) is 11.3 Å². The summed E-state index contributed by atoms with van der Waals surface area (Å²) in [5, 5.41) is 3.48. The molecule has 5 heteroatoms. The first kappa shape index (κ1) is 19.0. The fraction of sp³-hybridized carbons (Fsp3) is 0.706. The van der Waals surface area contributed by atoms with Gasteiger partial charge < -0.3 is 15.0 Å². The number of rotatable bonds is 6. The number of aryl methyl sites for hydroxylation is 2. The van der Waals surface area contributed by atoms with Crippen molar-refractivity contribution < 1.29 is 9.53 Å². The van der Waals surface area contributed by atoms with Crippen LogP contribution in [0.3, 0.4) is 0 Å². The first-order chi connectivity index (χ1) is 10.1. The Hall–Kier alpha value is -1.07. The Morgan fingerprint density at radius 1 is 1.41 bits per heavy atom. The number of ether oxygens (including phenoxy) is 1. The summed E-state index contributed by atoms with van der Waals surface area (Å²) in [5.41, 5.74) is 0.927. The van der Waals surface area contributed by atoms with E-state index in [1.807, 2.05) is 32.1 Å². The molecule has 126 valence electrons. The number of amides is 1. The highest BCUT2D eigenvalue weighted by molar-refractivity contribution is 7.12. The van der Waals surface area contributed by atoms with Gasteiger partial charge in [-0.05, 0) is 58.7 Å². The van der Waals surface area contributed by atoms with Crippen LogP contribution in [0.5, 0.6) is 0 Å². The summed E-state index contributed by atoms with van der Waals surface area (Å²) in [7, 11) is 1.79. The lowest BCUT2D eigenvalue weighted by Gasteiger charge is -2.26. The molecule has 1 N–H and O–H groups in total. The van der Waals surface area contributed by atoms with Gasteiger partial charge in [0.2, 0.25) is 0 Å². The quantitative estimate of drug-likeness (QED) is 0.860. The van der Waals surface area contributed by atoms with Gasteiger partial charge in [-0.3, -0.25) is 0 Å². The summed E-state index contributed by atoms with van der Waals surface area (Å²) in [4.78, 5) is 16.3. The molecule has 0 aliphatic heterocycles. The molecule has 4 nitrogen and oxygen atoms in total. The molecule has 0 aromatic carbocycles. The molecule has 1 amide bonds. The van der Waals surface area contributed by atoms with E-state index in [0.29, 0.717) is 12.5 Å². The van der Waals surface area contributed by atoms with E-state index in [1.54, 1.807) is 11.9 Å². The van der Waals surface area contributed by atoms with Gasteiger partial charge in [0.05, 0.1) is 0 Å². The minimum Gasteiger partial charge on any atom is -0.444 e. The Kier molecular flexibility index (Phi) is 6.88. The largest absolute Gasteiger partial charge is 0.444 e. The summed E-state index contributed by atoms with van der Waals surface area (Å²) >= 11 is 1.84. The maximum atomic E-state index is 11.9. The fourth-order valence-electron chi connectivity index (χ4n) is 2.26. The Morgan fingerprint density at radius 3 is 2.55 bits per heavy atom. The Morgan fingerprint density at radius 2 is 2.05 bits per heavy atom. The van der Waals surface area contributed by atoms with Gasteiger partial charge in [0, 0.05) is 29.9 Å². The summed E-state index contributed by atoms with van der Waals surface area (Å²) in [5.74, 6) is 0.373. The topological polar surface area (TPSA) is 41.6 Å². The van der Waals surface area contributed by atoms with Crippen LogP contribution in [-0.4, -0.2) is 36.7 Å². The van der Waals surface area contributed by atoms with E-state index in [2.05, 4.69) is 32.2 Å². The summed E-state index contributed by atoms with van der Waals surface area (Å²) in [6.07, 6.45) is -0.261. The molecule has 1 rings (SSSR count). The number of nitrogens with zero attached hydrogens (tertiary/aromatic N) is 1. The second-order valence-electron chi connectivity index (χ2n) is 7.04. The predicted molar refractivity (Wildman–Crippen MR) is 93.5 cm³/mol. The van der Waals surface area contributed by atoms with Crippen LogP contribution >= 0.6 is 11.3 Å². The number of carbonyl (C=O) groups excluding carboxylic acids is 1. The van der Waals surface area contributed by atoms with Crippen molar-refractivity contribution >= 4 is 17.4 Å². The van der Waals surface area contributed by atoms with Gasteiger partial charge in [0.15, 0.2) is 0 Å². The van der Waals surface area contributed by atoms with Crippen molar-refractivity contribution in [2.75, 3.05) is 20.1 Å². The molecule has 0 saturated carbocycles. The summed E-state index contributed by atoms with van der Waals surface area (Å²) in [6, 6.07) is 2.24. The molecule has 0 spiro atoms. The number of carbonyl (C=O) groups is 1. The molecule has 22 heavy (non-hydrogen) atoms. The molecule has 1 atom stereocenters. The first-order valence-electron chi connectivity index (χ1n) is 7.79. The van der Waals surface area contributed by atoms with Crippen molar-refractivity contribution in [2.24, 2.45) is 5.92 Å². The molecule has 1 aromatic rings. The highest BCUT2D eigenvalue weighted by atomic mass is 32.1. The SMILES string of the molecule is Cc1cc(CNCC(C)CN(C)C(=O)OC(C)(C)C)c(C)s1. The fourth-order valence-corrected chi connectivity index (χ4v) is 3.21. The molecule has 0 fully saturated rings. The average molecular weight is 327 g/mol. The Bertz CT molecular complexity index is 491. The third-order valence-corrected chi connectivity index (χ3v) is 4.25. The van der Waals surface area contributed by atoms with Gasteiger partial charge in [0.25, 0.3) is 0 Å². The van der Waals surface area contributed by atoms with E-state index in [1.165, 1.54) is 15.3 Å². The molecule has 1 heterocycles. The van der Waals surface area contributed by atoms with Gasteiger partial charge in [-0.1, -0.05) is 6.92 Å². The number of thiophene rings is 1. The van der Waals surface area contributed by atoms with Crippen LogP contribution in [0, 0.1) is 19.8 Å². The van der Waals surface area contributed by atoms with E-state index in [9.17, 15) is 4.79 Å². The zero-order valence-electron chi connectivity index (χ0n) is 14.9. The van der Waals surface area contributed by atoms with Crippen LogP contribution in [0.4, 0.5) is 4.79 Å². The molecule has 1 aromatic heterocycles. The maximum absolute atomic E-state index is 11.9. The third kappa shape index (κ3) is 6.79. The second-order valence-corrected chi connectivity index (χ2v) is 8.50. The van der Waals surface area contributed by atoms with Crippen LogP contribution in [0.1, 0.15) is 43.0 Å². The molecule has 0 aliphatic carbocycles. The van der Waals surface area contributed by atoms with E-state index in [0.717, 1.165) is 13.1 Å². The van der Waals surface area contributed by atoms with Crippen LogP contribution in [0.15, 0.2) is 6.07 Å². The normalized spacial score (nSPS) is 13.0. The average Bonchev–Trinajstić information content (AvgIpc) is 2.65. The van der Waals surface area contributed by atoms with Crippen molar-refractivity contribution in [1.82, 2.24) is 10.2 Å². The van der Waals surface area contributed by atoms with Crippen molar-refractivity contribution in [2.45, 2.75) is 53.7 Å². The van der Waals surface area contributed by atoms with Crippen molar-refractivity contribution in [3.63, 3.8) is 0 Å². The lowest BCUT2D eigenvalue weighted by atomic mass is 10.1. The standard InChI is InChI=1S/C17H30N2O2S/c1-12(11-19(7)16(20)21-17(4,5)6)9-18-10-15-8-13(2)22-14(15)3/h8,12,18H,9-11H2,1-7H3. The monoisotopic (exact) mass is 326 g/mol. The minimum absolute atomic E-state index is 0.261. The molecular weight excluding hydrogens is 296 g/mol. The minimum atomic E-state index is -0.443. The maximum Gasteiger partial charge on any atom is 0.410 e. The zero-order chi connectivity index (χ0) is 16.9. The number of hydrogen-bond acceptors (Lipinski definition) is 4. The van der Waals surface area contributed by atoms with Crippen molar-refractivity contribution in [1.29, 1.82) is 0 Å². The highest BCUT2D eigenvalue weighted by Gasteiger charge is 2.20. The molecule has 1 unspecified atom stereocenters. The lowest BCUT2D eigenvalue weighted by Crippen LogP contribution is -2.38. The smallest absolute Gasteiger partial charge is 0.410 e. The van der Waals surface area contributed by atoms with Crippen LogP contribution in [0.25, 0.3) is 0 Å². The zero-order valence-corrected chi connectivity index (χ0v) is 15.8. The van der Waals surface area contributed by atoms with E-state index >= 15 is 0 Å². The molecule has 0 aliphatic rings. The Labute approximate surface area is 138 Å². The van der Waals surface area contributed by atoms with Gasteiger partial charge in [-0.2, -0.15) is 0 Å². The van der Waals surface area contributed by atoms with Gasteiger partial charge >= 0.3 is 6.09 Å². The van der Waals surface area contributed by atoms with E-state index < -0.39 is 5.60 Å². The predicted octanol–water partition coefficient (Wildman–Crippen LogP) is 3.96. The second kappa shape index (κ2) is 7.97. The van der Waals surface area contributed by atoms with Crippen LogP contribution in [0.2, 0.25) is 0 Å². The van der Waals surface area contributed by atoms with Gasteiger partial charge in [-0.15, -0.1) is 11.3 Å². The van der Waals surface area contributed by atoms with Crippen molar-refractivity contribution in [3.05, 3.63) is 21.4 Å². The molecular formula is C17H30N2O2S. The van der Waals surface area contributed by atoms with E-state index in [-0.39, 0.29) is 6.09 Å². The molecule has 0 saturated heterocycles. The number of hydrogen-bond donors (Lipinski definition) is 1. The first-order valence-corrected chi connectivity index (χ1v) is 8.61. The number of nitrogens with one attached hydrogen (secondary N) is 1.